The van der Waals surface area contributed by atoms with Gasteiger partial charge in [0.15, 0.2) is 0 Å². The molecule has 4 nitrogen and oxygen atoms in total. The van der Waals surface area contributed by atoms with E-state index >= 15 is 0 Å². The third kappa shape index (κ3) is 5.72. The highest BCUT2D eigenvalue weighted by atomic mass is 32.1. The van der Waals surface area contributed by atoms with E-state index in [2.05, 4.69) is 35.4 Å². The Morgan fingerprint density at radius 1 is 1.09 bits per heavy atom. The van der Waals surface area contributed by atoms with Crippen LogP contribution in [0.5, 0.6) is 0 Å². The lowest BCUT2D eigenvalue weighted by Crippen LogP contribution is -2.26. The van der Waals surface area contributed by atoms with Gasteiger partial charge in [0.25, 0.3) is 0 Å². The van der Waals surface area contributed by atoms with Crippen LogP contribution in [-0.2, 0) is 9.59 Å². The first-order valence-corrected chi connectivity index (χ1v) is 8.56. The van der Waals surface area contributed by atoms with Gasteiger partial charge >= 0.3 is 0 Å². The van der Waals surface area contributed by atoms with Crippen LogP contribution in [-0.4, -0.2) is 30.2 Å². The molecule has 22 heavy (non-hydrogen) atoms. The lowest BCUT2D eigenvalue weighted by molar-refractivity contribution is -0.121. The Balaban J connectivity index is 1.52. The number of thiol groups is 1. The summed E-state index contributed by atoms with van der Waals surface area (Å²) in [6, 6.07) is 10.6. The Morgan fingerprint density at radius 2 is 1.86 bits per heavy atom. The third-order valence-corrected chi connectivity index (χ3v) is 4.20. The summed E-state index contributed by atoms with van der Waals surface area (Å²) in [5, 5.41) is 5.87. The zero-order valence-corrected chi connectivity index (χ0v) is 13.6. The van der Waals surface area contributed by atoms with Gasteiger partial charge in [-0.3, -0.25) is 9.59 Å². The fourth-order valence-corrected chi connectivity index (χ4v) is 2.68. The van der Waals surface area contributed by atoms with Gasteiger partial charge in [-0.25, -0.2) is 0 Å². The second-order valence-corrected chi connectivity index (χ2v) is 6.06. The molecule has 120 valence electrons. The van der Waals surface area contributed by atoms with E-state index in [0.29, 0.717) is 24.9 Å². The van der Waals surface area contributed by atoms with E-state index < -0.39 is 0 Å². The maximum absolute atomic E-state index is 11.9. The molecule has 0 bridgehead atoms. The zero-order chi connectivity index (χ0) is 15.8. The summed E-state index contributed by atoms with van der Waals surface area (Å²) in [5.74, 6) is 0.818. The van der Waals surface area contributed by atoms with Crippen molar-refractivity contribution in [3.63, 3.8) is 0 Å². The number of amides is 2. The summed E-state index contributed by atoms with van der Waals surface area (Å²) in [5.41, 5.74) is 1.31. The highest BCUT2D eigenvalue weighted by Gasteiger charge is 2.39. The largest absolute Gasteiger partial charge is 0.355 e. The minimum atomic E-state index is -0.0400. The fourth-order valence-electron chi connectivity index (χ4n) is 2.57. The van der Waals surface area contributed by atoms with Crippen LogP contribution < -0.4 is 10.6 Å². The molecule has 0 aromatic heterocycles. The smallest absolute Gasteiger partial charge is 0.229 e. The SMILES string of the molecule is O=C(CS)NCCCCCC(=O)NC1CC1c1ccccc1. The predicted molar refractivity (Wildman–Crippen MR) is 91.1 cm³/mol. The average molecular weight is 320 g/mol. The highest BCUT2D eigenvalue weighted by molar-refractivity contribution is 7.81. The average Bonchev–Trinajstić information content (AvgIpc) is 3.30. The van der Waals surface area contributed by atoms with Gasteiger partial charge < -0.3 is 10.6 Å². The lowest BCUT2D eigenvalue weighted by atomic mass is 10.1. The quantitative estimate of drug-likeness (QED) is 0.483. The first-order chi connectivity index (χ1) is 10.7. The number of carbonyl (C=O) groups is 2. The van der Waals surface area contributed by atoms with Gasteiger partial charge in [0, 0.05) is 24.9 Å². The van der Waals surface area contributed by atoms with Crippen molar-refractivity contribution in [1.82, 2.24) is 10.6 Å². The van der Waals surface area contributed by atoms with Gasteiger partial charge in [-0.05, 0) is 24.8 Å². The van der Waals surface area contributed by atoms with Crippen molar-refractivity contribution in [3.8, 4) is 0 Å². The molecule has 1 saturated carbocycles. The first kappa shape index (κ1) is 16.9. The van der Waals surface area contributed by atoms with E-state index in [-0.39, 0.29) is 17.6 Å². The molecule has 0 heterocycles. The molecule has 2 unspecified atom stereocenters. The van der Waals surface area contributed by atoms with Crippen molar-refractivity contribution in [2.75, 3.05) is 12.3 Å². The first-order valence-electron chi connectivity index (χ1n) is 7.92. The number of hydrogen-bond donors (Lipinski definition) is 3. The molecular formula is C17H24N2O2S. The monoisotopic (exact) mass is 320 g/mol. The summed E-state index contributed by atoms with van der Waals surface area (Å²) in [4.78, 5) is 22.8. The Morgan fingerprint density at radius 3 is 2.59 bits per heavy atom. The molecule has 1 aliphatic rings. The van der Waals surface area contributed by atoms with Crippen molar-refractivity contribution >= 4 is 24.4 Å². The zero-order valence-electron chi connectivity index (χ0n) is 12.8. The van der Waals surface area contributed by atoms with Crippen molar-refractivity contribution in [1.29, 1.82) is 0 Å². The summed E-state index contributed by atoms with van der Waals surface area (Å²) < 4.78 is 0. The summed E-state index contributed by atoms with van der Waals surface area (Å²) in [6.45, 7) is 0.666. The van der Waals surface area contributed by atoms with Crippen LogP contribution in [0.2, 0.25) is 0 Å². The number of benzene rings is 1. The molecule has 2 rings (SSSR count). The molecule has 1 aromatic carbocycles. The fraction of sp³-hybridized carbons (Fsp3) is 0.529. The van der Waals surface area contributed by atoms with Gasteiger partial charge in [-0.2, -0.15) is 12.6 Å². The van der Waals surface area contributed by atoms with Crippen molar-refractivity contribution in [3.05, 3.63) is 35.9 Å². The number of hydrogen-bond acceptors (Lipinski definition) is 3. The van der Waals surface area contributed by atoms with Crippen LogP contribution >= 0.6 is 12.6 Å². The lowest BCUT2D eigenvalue weighted by Gasteiger charge is -2.06. The van der Waals surface area contributed by atoms with Gasteiger partial charge in [0.05, 0.1) is 5.75 Å². The Hall–Kier alpha value is -1.49. The van der Waals surface area contributed by atoms with Crippen molar-refractivity contribution in [2.24, 2.45) is 0 Å². The third-order valence-electron chi connectivity index (χ3n) is 3.91. The summed E-state index contributed by atoms with van der Waals surface area (Å²) in [7, 11) is 0. The minimum absolute atomic E-state index is 0.0400. The van der Waals surface area contributed by atoms with E-state index in [9.17, 15) is 9.59 Å². The molecule has 0 spiro atoms. The maximum Gasteiger partial charge on any atom is 0.229 e. The van der Waals surface area contributed by atoms with E-state index in [1.807, 2.05) is 18.2 Å². The van der Waals surface area contributed by atoms with Crippen molar-refractivity contribution < 1.29 is 9.59 Å². The highest BCUT2D eigenvalue weighted by Crippen LogP contribution is 2.40. The molecule has 2 amide bonds. The number of rotatable bonds is 9. The molecule has 1 aliphatic carbocycles. The van der Waals surface area contributed by atoms with Crippen LogP contribution in [0.1, 0.15) is 43.6 Å². The molecule has 1 fully saturated rings. The number of carbonyl (C=O) groups excluding carboxylic acids is 2. The number of unbranched alkanes of at least 4 members (excludes halogenated alkanes) is 2. The Labute approximate surface area is 137 Å². The van der Waals surface area contributed by atoms with Gasteiger partial charge in [-0.15, -0.1) is 0 Å². The summed E-state index contributed by atoms with van der Waals surface area (Å²) >= 11 is 3.89. The predicted octanol–water partition coefficient (Wildman–Crippen LogP) is 2.27. The van der Waals surface area contributed by atoms with Crippen LogP contribution in [0.3, 0.4) is 0 Å². The Kier molecular flexibility index (Phi) is 6.77. The molecule has 5 heteroatoms. The van der Waals surface area contributed by atoms with Crippen LogP contribution in [0, 0.1) is 0 Å². The van der Waals surface area contributed by atoms with Crippen LogP contribution in [0.25, 0.3) is 0 Å². The standard InChI is InChI=1S/C17H24N2O2S/c20-16(9-5-2-6-10-18-17(21)12-22)19-15-11-14(15)13-7-3-1-4-8-13/h1,3-4,7-8,14-15,22H,2,5-6,9-12H2,(H,18,21)(H,19,20). The van der Waals surface area contributed by atoms with Gasteiger partial charge in [0.2, 0.25) is 11.8 Å². The van der Waals surface area contributed by atoms with E-state index in [4.69, 9.17) is 0 Å². The second kappa shape index (κ2) is 8.83. The molecule has 0 saturated heterocycles. The molecule has 2 atom stereocenters. The topological polar surface area (TPSA) is 58.2 Å². The molecule has 2 N–H and O–H groups in total. The maximum atomic E-state index is 11.9. The van der Waals surface area contributed by atoms with Gasteiger partial charge in [-0.1, -0.05) is 36.8 Å². The number of nitrogens with one attached hydrogen (secondary N) is 2. The van der Waals surface area contributed by atoms with Crippen LogP contribution in [0.4, 0.5) is 0 Å². The molecular weight excluding hydrogens is 296 g/mol. The molecule has 1 aromatic rings. The van der Waals surface area contributed by atoms with Crippen LogP contribution in [0.15, 0.2) is 30.3 Å². The minimum Gasteiger partial charge on any atom is -0.355 e. The normalized spacial score (nSPS) is 19.5. The summed E-state index contributed by atoms with van der Waals surface area (Å²) in [6.07, 6.45) is 4.34. The molecule has 0 aliphatic heterocycles. The second-order valence-electron chi connectivity index (χ2n) is 5.75. The van der Waals surface area contributed by atoms with E-state index in [1.165, 1.54) is 5.56 Å². The van der Waals surface area contributed by atoms with E-state index in [1.54, 1.807) is 0 Å². The van der Waals surface area contributed by atoms with E-state index in [0.717, 1.165) is 25.7 Å². The molecule has 0 radical (unpaired) electrons. The van der Waals surface area contributed by atoms with Gasteiger partial charge in [0.1, 0.15) is 0 Å². The van der Waals surface area contributed by atoms with Crippen molar-refractivity contribution in [2.45, 2.75) is 44.1 Å². The Bertz CT molecular complexity index is 493.